The van der Waals surface area contributed by atoms with E-state index >= 15 is 0 Å². The van der Waals surface area contributed by atoms with E-state index in [1.807, 2.05) is 12.1 Å². The maximum atomic E-state index is 6.02. The van der Waals surface area contributed by atoms with E-state index in [-0.39, 0.29) is 0 Å². The van der Waals surface area contributed by atoms with Crippen molar-refractivity contribution in [2.24, 2.45) is 17.8 Å². The van der Waals surface area contributed by atoms with E-state index in [0.29, 0.717) is 5.41 Å². The molecule has 0 spiro atoms. The molecule has 0 heterocycles. The molecule has 4 aliphatic rings. The van der Waals surface area contributed by atoms with Crippen LogP contribution in [0.25, 0.3) is 22.3 Å². The Morgan fingerprint density at radius 3 is 1.28 bits per heavy atom. The first-order valence-electron chi connectivity index (χ1n) is 11.1. The second kappa shape index (κ2) is 6.74. The number of benzene rings is 3. The van der Waals surface area contributed by atoms with E-state index in [2.05, 4.69) is 60.7 Å². The van der Waals surface area contributed by atoms with Crippen LogP contribution in [0.4, 0.5) is 0 Å². The fourth-order valence-corrected chi connectivity index (χ4v) is 7.10. The first-order valence-corrected chi connectivity index (χ1v) is 11.5. The quantitative estimate of drug-likeness (QED) is 0.417. The van der Waals surface area contributed by atoms with Gasteiger partial charge in [0.25, 0.3) is 0 Å². The Kier molecular flexibility index (Phi) is 4.13. The number of hydrogen-bond acceptors (Lipinski definition) is 0. The average molecular weight is 399 g/mol. The molecule has 0 radical (unpaired) electrons. The minimum absolute atomic E-state index is 0.492. The van der Waals surface area contributed by atoms with Gasteiger partial charge in [-0.3, -0.25) is 0 Å². The van der Waals surface area contributed by atoms with Crippen molar-refractivity contribution in [2.45, 2.75) is 43.9 Å². The van der Waals surface area contributed by atoms with Crippen molar-refractivity contribution in [3.63, 3.8) is 0 Å². The molecule has 0 saturated heterocycles. The van der Waals surface area contributed by atoms with Crippen molar-refractivity contribution in [1.29, 1.82) is 0 Å². The predicted molar refractivity (Wildman–Crippen MR) is 122 cm³/mol. The molecular weight excluding hydrogens is 372 g/mol. The zero-order valence-electron chi connectivity index (χ0n) is 16.8. The van der Waals surface area contributed by atoms with Crippen LogP contribution in [0.2, 0.25) is 5.02 Å². The lowest BCUT2D eigenvalue weighted by Gasteiger charge is -2.57. The maximum Gasteiger partial charge on any atom is 0.0406 e. The van der Waals surface area contributed by atoms with E-state index in [1.165, 1.54) is 60.8 Å². The Morgan fingerprint density at radius 1 is 0.517 bits per heavy atom. The normalized spacial score (nSPS) is 29.9. The van der Waals surface area contributed by atoms with Crippen LogP contribution in [-0.4, -0.2) is 0 Å². The zero-order valence-corrected chi connectivity index (χ0v) is 17.5. The summed E-state index contributed by atoms with van der Waals surface area (Å²) in [6.45, 7) is 0. The molecule has 0 N–H and O–H groups in total. The molecule has 0 unspecified atom stereocenters. The van der Waals surface area contributed by atoms with Gasteiger partial charge in [0.15, 0.2) is 0 Å². The number of rotatable bonds is 3. The highest BCUT2D eigenvalue weighted by Crippen LogP contribution is 2.60. The molecule has 146 valence electrons. The van der Waals surface area contributed by atoms with Gasteiger partial charge in [-0.15, -0.1) is 0 Å². The van der Waals surface area contributed by atoms with Gasteiger partial charge in [0.05, 0.1) is 0 Å². The number of halogens is 1. The molecule has 0 amide bonds. The van der Waals surface area contributed by atoms with Crippen LogP contribution in [-0.2, 0) is 5.41 Å². The van der Waals surface area contributed by atoms with E-state index in [1.54, 1.807) is 5.56 Å². The van der Waals surface area contributed by atoms with Crippen LogP contribution in [0.5, 0.6) is 0 Å². The highest BCUT2D eigenvalue weighted by atomic mass is 35.5. The van der Waals surface area contributed by atoms with Crippen molar-refractivity contribution in [3.8, 4) is 22.3 Å². The second-order valence-electron chi connectivity index (χ2n) is 9.86. The van der Waals surface area contributed by atoms with Crippen molar-refractivity contribution >= 4 is 11.6 Å². The third kappa shape index (κ3) is 3.13. The van der Waals surface area contributed by atoms with Gasteiger partial charge in [-0.05, 0) is 102 Å². The number of hydrogen-bond donors (Lipinski definition) is 0. The first-order chi connectivity index (χ1) is 14.2. The molecule has 4 bridgehead atoms. The smallest absolute Gasteiger partial charge is 0.0406 e. The van der Waals surface area contributed by atoms with Crippen LogP contribution in [0.15, 0.2) is 72.8 Å². The summed E-state index contributed by atoms with van der Waals surface area (Å²) in [6, 6.07) is 26.6. The summed E-state index contributed by atoms with van der Waals surface area (Å²) in [5.41, 5.74) is 7.15. The third-order valence-corrected chi connectivity index (χ3v) is 8.18. The molecule has 0 aromatic heterocycles. The predicted octanol–water partition coefficient (Wildman–Crippen LogP) is 8.14. The molecule has 7 rings (SSSR count). The first kappa shape index (κ1) is 17.8. The highest BCUT2D eigenvalue weighted by molar-refractivity contribution is 6.30. The Morgan fingerprint density at radius 2 is 0.862 bits per heavy atom. The van der Waals surface area contributed by atoms with Crippen LogP contribution in [0, 0.1) is 17.8 Å². The lowest BCUT2D eigenvalue weighted by molar-refractivity contribution is -0.00518. The minimum atomic E-state index is 0.492. The summed E-state index contributed by atoms with van der Waals surface area (Å²) in [5.74, 6) is 3.00. The molecule has 0 nitrogen and oxygen atoms in total. The summed E-state index contributed by atoms with van der Waals surface area (Å²) in [4.78, 5) is 0. The van der Waals surface area contributed by atoms with Gasteiger partial charge in [0.2, 0.25) is 0 Å². The summed E-state index contributed by atoms with van der Waals surface area (Å²) in [7, 11) is 0. The van der Waals surface area contributed by atoms with Crippen LogP contribution >= 0.6 is 11.6 Å². The van der Waals surface area contributed by atoms with E-state index < -0.39 is 0 Å². The Balaban J connectivity index is 1.25. The molecule has 1 heteroatoms. The summed E-state index contributed by atoms with van der Waals surface area (Å²) >= 11 is 6.02. The Bertz CT molecular complexity index is 976. The van der Waals surface area contributed by atoms with Crippen molar-refractivity contribution in [2.75, 3.05) is 0 Å². The van der Waals surface area contributed by atoms with E-state index in [0.717, 1.165) is 22.8 Å². The van der Waals surface area contributed by atoms with E-state index in [9.17, 15) is 0 Å². The van der Waals surface area contributed by atoms with Gasteiger partial charge in [0, 0.05) is 5.02 Å². The average Bonchev–Trinajstić information content (AvgIpc) is 2.74. The van der Waals surface area contributed by atoms with Crippen LogP contribution in [0.1, 0.15) is 44.1 Å². The molecule has 29 heavy (non-hydrogen) atoms. The monoisotopic (exact) mass is 398 g/mol. The molecule has 0 atom stereocenters. The second-order valence-corrected chi connectivity index (χ2v) is 10.3. The fourth-order valence-electron chi connectivity index (χ4n) is 6.98. The van der Waals surface area contributed by atoms with Gasteiger partial charge in [-0.1, -0.05) is 72.3 Å². The topological polar surface area (TPSA) is 0 Å². The minimum Gasteiger partial charge on any atom is -0.0843 e. The molecule has 4 aliphatic carbocycles. The highest BCUT2D eigenvalue weighted by Gasteiger charge is 2.51. The Hall–Kier alpha value is -2.05. The Labute approximate surface area is 178 Å². The lowest BCUT2D eigenvalue weighted by Crippen LogP contribution is -2.48. The molecule has 3 aromatic carbocycles. The summed E-state index contributed by atoms with van der Waals surface area (Å²) in [5, 5.41) is 0.782. The van der Waals surface area contributed by atoms with Gasteiger partial charge in [-0.2, -0.15) is 0 Å². The molecular formula is C28H27Cl. The molecule has 4 saturated carbocycles. The van der Waals surface area contributed by atoms with Gasteiger partial charge in [-0.25, -0.2) is 0 Å². The van der Waals surface area contributed by atoms with Crippen molar-refractivity contribution in [1.82, 2.24) is 0 Å². The summed E-state index contributed by atoms with van der Waals surface area (Å²) < 4.78 is 0. The lowest BCUT2D eigenvalue weighted by atomic mass is 9.48. The standard InChI is InChI=1S/C28H27Cl/c29-27-11-7-25(8-12-27)23-3-1-22(2-4-23)24-5-9-26(10-6-24)28-16-19-13-20(17-28)15-21(14-19)18-28/h1-12,19-21H,13-18H2. The van der Waals surface area contributed by atoms with Gasteiger partial charge in [0.1, 0.15) is 0 Å². The SMILES string of the molecule is Clc1ccc(-c2ccc(-c3ccc(C45CC6CC(CC(C6)C4)C5)cc3)cc2)cc1. The maximum absolute atomic E-state index is 6.02. The van der Waals surface area contributed by atoms with E-state index in [4.69, 9.17) is 11.6 Å². The largest absolute Gasteiger partial charge is 0.0843 e. The van der Waals surface area contributed by atoms with Crippen LogP contribution in [0.3, 0.4) is 0 Å². The van der Waals surface area contributed by atoms with Gasteiger partial charge >= 0.3 is 0 Å². The fraction of sp³-hybridized carbons (Fsp3) is 0.357. The molecule has 0 aliphatic heterocycles. The zero-order chi connectivity index (χ0) is 19.4. The summed E-state index contributed by atoms with van der Waals surface area (Å²) in [6.07, 6.45) is 8.85. The third-order valence-electron chi connectivity index (χ3n) is 7.93. The van der Waals surface area contributed by atoms with Gasteiger partial charge < -0.3 is 0 Å². The van der Waals surface area contributed by atoms with Crippen molar-refractivity contribution in [3.05, 3.63) is 83.4 Å². The molecule has 4 fully saturated rings. The molecule has 3 aromatic rings. The van der Waals surface area contributed by atoms with Crippen molar-refractivity contribution < 1.29 is 0 Å². The van der Waals surface area contributed by atoms with Crippen LogP contribution < -0.4 is 0 Å².